The predicted octanol–water partition coefficient (Wildman–Crippen LogP) is 21.1. The number of aromatic amines is 1. The molecule has 123 heavy (non-hydrogen) atoms. The van der Waals surface area contributed by atoms with Gasteiger partial charge in [0.25, 0.3) is 0 Å². The van der Waals surface area contributed by atoms with Gasteiger partial charge in [0.1, 0.15) is 41.8 Å². The molecule has 3 unspecified atom stereocenters. The van der Waals surface area contributed by atoms with E-state index in [2.05, 4.69) is 20.4 Å². The van der Waals surface area contributed by atoms with Crippen molar-refractivity contribution in [3.8, 4) is 33.4 Å². The van der Waals surface area contributed by atoms with Crippen LogP contribution < -0.4 is 5.73 Å². The Morgan fingerprint density at radius 1 is 0.423 bits per heavy atom. The number of aryl methyl sites for hydroxylation is 6. The van der Waals surface area contributed by atoms with Gasteiger partial charge in [0.05, 0.1) is 53.1 Å². The molecule has 0 aliphatic heterocycles. The van der Waals surface area contributed by atoms with E-state index >= 15 is 0 Å². The normalized spacial score (nSPS) is 11.7. The number of carbonyl (C=O) groups excluding carboxylic acids is 7. The lowest BCUT2D eigenvalue weighted by atomic mass is 9.88. The standard InChI is InChI=1S/C35H38N2O5.C29H29N3O3.C26H30N2O4.C9H10O2.CH2Cl2/c1-7-30(28-15-11-26(12-16-28)22-41-33(39)31-17-8-23(2)18-24(31)3)32(38)19-25-9-13-27(14-10-25)29-20-36-37(21-29)34(40)42-35(4,5)6;1-19-3-12-26(20(2)13-19)29(34)35-18-22-6-10-24(11-7-22)27(15-30)28(33)14-21-4-8-23(9-5-21)25-16-31-32-17-25;1-5-23(21-12-8-19(17-29)9-13-21)24(30)14-18-6-10-20(11-7-18)22-15-27-28(16-22)25(31)32-26(2,3)4;1-6-3-4-8(9(10)11)7(2)5-6;2-1-3/h8-18,20-21,30H,7,19,22H2,1-6H3;3-13,16-17,27H,14-15,18,30H2,1-2H3,(H,31,32);6-13,15-16,23,29H,5,14,17H2,1-4H3;3-5H,1-2H3,(H,10,11);1H2. The van der Waals surface area contributed by atoms with Crippen LogP contribution in [0, 0.1) is 41.5 Å². The first-order valence-electron chi connectivity index (χ1n) is 40.5. The summed E-state index contributed by atoms with van der Waals surface area (Å²) in [7, 11) is 0. The first-order valence-corrected chi connectivity index (χ1v) is 41.6. The van der Waals surface area contributed by atoms with Gasteiger partial charge < -0.3 is 34.9 Å². The molecule has 0 radical (unpaired) electrons. The van der Waals surface area contributed by atoms with Gasteiger partial charge in [-0.15, -0.1) is 23.2 Å². The number of nitrogens with zero attached hydrogens (tertiary/aromatic N) is 5. The van der Waals surface area contributed by atoms with Gasteiger partial charge in [0.15, 0.2) is 0 Å². The number of aliphatic hydroxyl groups excluding tert-OH is 1. The van der Waals surface area contributed by atoms with E-state index in [0.717, 1.165) is 123 Å². The van der Waals surface area contributed by atoms with Gasteiger partial charge in [0.2, 0.25) is 0 Å². The number of carboxylic acid groups (broad SMARTS) is 1. The second-order valence-electron chi connectivity index (χ2n) is 31.9. The van der Waals surface area contributed by atoms with Crippen molar-refractivity contribution in [2.45, 2.75) is 178 Å². The highest BCUT2D eigenvalue weighted by Crippen LogP contribution is 2.30. The molecule has 0 saturated carbocycles. The molecule has 21 nitrogen and oxygen atoms in total. The summed E-state index contributed by atoms with van der Waals surface area (Å²) in [6.45, 7) is 26.9. The number of alkyl halides is 2. The van der Waals surface area contributed by atoms with Crippen LogP contribution in [0.2, 0.25) is 0 Å². The van der Waals surface area contributed by atoms with Gasteiger partial charge in [-0.25, -0.2) is 24.0 Å². The van der Waals surface area contributed by atoms with Crippen LogP contribution in [0.3, 0.4) is 0 Å². The minimum atomic E-state index is -0.859. The van der Waals surface area contributed by atoms with Crippen LogP contribution in [0.4, 0.5) is 9.59 Å². The summed E-state index contributed by atoms with van der Waals surface area (Å²) in [6.07, 6.45) is 11.4. The molecule has 3 heterocycles. The Bertz CT molecular complexity index is 5520. The number of aliphatic hydroxyl groups is 1. The van der Waals surface area contributed by atoms with E-state index in [4.69, 9.17) is 53.0 Å². The maximum absolute atomic E-state index is 13.3. The fraction of sp³-hybridized carbons (Fsp3) is 0.290. The number of hydrogen-bond acceptors (Lipinski definition) is 17. The van der Waals surface area contributed by atoms with Crippen LogP contribution in [-0.4, -0.2) is 111 Å². The zero-order valence-corrected chi connectivity index (χ0v) is 73.7. The number of halogens is 2. The number of H-pyrrole nitrogens is 1. The van der Waals surface area contributed by atoms with Crippen LogP contribution >= 0.6 is 23.2 Å². The molecule has 23 heteroatoms. The number of benzene rings is 9. The average molecular weight is 1700 g/mol. The summed E-state index contributed by atoms with van der Waals surface area (Å²) in [4.78, 5) is 99.1. The Balaban J connectivity index is 0.000000213. The first kappa shape index (κ1) is 95.9. The lowest BCUT2D eigenvalue weighted by molar-refractivity contribution is -0.120. The number of hydrogen-bond donors (Lipinski definition) is 4. The molecule has 3 aromatic heterocycles. The van der Waals surface area contributed by atoms with Crippen molar-refractivity contribution in [2.75, 3.05) is 11.9 Å². The number of carboxylic acids is 1. The quantitative estimate of drug-likeness (QED) is 0.0222. The molecule has 12 rings (SSSR count). The van der Waals surface area contributed by atoms with Gasteiger partial charge in [-0.2, -0.15) is 24.7 Å². The van der Waals surface area contributed by atoms with Gasteiger partial charge in [0, 0.05) is 72.9 Å². The largest absolute Gasteiger partial charge is 0.478 e. The SMILES string of the molecule is CCC(C(=O)Cc1ccc(-c2cnn(C(=O)OC(C)(C)C)c2)cc1)c1ccc(CO)cc1.CCC(C(=O)Cc1ccc(-c2cnn(C(=O)OC(C)(C)C)c2)cc1)c1ccc(COC(=O)c2ccc(C)cc2C)cc1.Cc1ccc(C(=O)O)c(C)c1.Cc1ccc(C(=O)OCc2ccc(C(CN)C(=O)Cc3ccc(-c4cn[nH]c4)cc3)cc2)c(C)c1.ClCCl. The Kier molecular flexibility index (Phi) is 35.8. The molecule has 9 aromatic carbocycles. The average Bonchev–Trinajstić information content (AvgIpc) is 0.889. The van der Waals surface area contributed by atoms with Crippen molar-refractivity contribution < 1.29 is 67.5 Å². The third kappa shape index (κ3) is 29.4. The van der Waals surface area contributed by atoms with E-state index in [9.17, 15) is 43.5 Å². The van der Waals surface area contributed by atoms with Crippen molar-refractivity contribution in [2.24, 2.45) is 5.73 Å². The van der Waals surface area contributed by atoms with Gasteiger partial charge >= 0.3 is 30.1 Å². The number of aromatic carboxylic acids is 1. The van der Waals surface area contributed by atoms with Crippen molar-refractivity contribution in [3.63, 3.8) is 0 Å². The lowest BCUT2D eigenvalue weighted by Gasteiger charge is -2.18. The van der Waals surface area contributed by atoms with Crippen LogP contribution in [0.5, 0.6) is 0 Å². The van der Waals surface area contributed by atoms with Crippen molar-refractivity contribution in [3.05, 3.63) is 338 Å². The molecule has 0 spiro atoms. The molecule has 0 bridgehead atoms. The third-order valence-corrected chi connectivity index (χ3v) is 19.9. The van der Waals surface area contributed by atoms with Crippen LogP contribution in [0.25, 0.3) is 33.4 Å². The van der Waals surface area contributed by atoms with Gasteiger partial charge in [-0.1, -0.05) is 213 Å². The fourth-order valence-electron chi connectivity index (χ4n) is 13.5. The molecular weight excluding hydrogens is 1590 g/mol. The van der Waals surface area contributed by atoms with E-state index in [1.165, 1.54) is 9.36 Å². The Morgan fingerprint density at radius 3 is 1.04 bits per heavy atom. The fourth-order valence-corrected chi connectivity index (χ4v) is 13.5. The van der Waals surface area contributed by atoms with E-state index in [1.807, 2.05) is 251 Å². The number of ketones is 3. The van der Waals surface area contributed by atoms with Crippen molar-refractivity contribution >= 4 is 70.6 Å². The summed E-state index contributed by atoms with van der Waals surface area (Å²) >= 11 is 9.53. The van der Waals surface area contributed by atoms with Gasteiger partial charge in [-0.05, 0) is 198 Å². The molecule has 642 valence electrons. The Hall–Kier alpha value is -12.5. The first-order chi connectivity index (χ1) is 58.6. The van der Waals surface area contributed by atoms with Crippen LogP contribution in [0.15, 0.2) is 237 Å². The number of rotatable bonds is 26. The third-order valence-electron chi connectivity index (χ3n) is 19.9. The highest BCUT2D eigenvalue weighted by Gasteiger charge is 2.26. The molecule has 0 aliphatic rings. The highest BCUT2D eigenvalue weighted by atomic mass is 35.5. The number of ether oxygens (including phenoxy) is 4. The second kappa shape index (κ2) is 45.9. The summed E-state index contributed by atoms with van der Waals surface area (Å²) in [5, 5.41) is 33.1. The molecular formula is C100H109Cl2N7O14. The molecule has 3 atom stereocenters. The highest BCUT2D eigenvalue weighted by molar-refractivity contribution is 6.40. The molecule has 5 N–H and O–H groups in total. The maximum atomic E-state index is 13.3. The van der Waals surface area contributed by atoms with Crippen molar-refractivity contribution in [1.29, 1.82) is 0 Å². The molecule has 0 saturated heterocycles. The summed E-state index contributed by atoms with van der Waals surface area (Å²) in [6, 6.07) is 62.7. The number of Topliss-reactive ketones (excluding diaryl/α,β-unsaturated/α-hetero) is 3. The summed E-state index contributed by atoms with van der Waals surface area (Å²) < 4.78 is 24.1. The van der Waals surface area contributed by atoms with E-state index < -0.39 is 35.3 Å². The predicted molar refractivity (Wildman–Crippen MR) is 481 cm³/mol. The zero-order chi connectivity index (χ0) is 89.7. The second-order valence-corrected chi connectivity index (χ2v) is 32.7. The van der Waals surface area contributed by atoms with E-state index in [-0.39, 0.29) is 72.8 Å². The number of esters is 2. The van der Waals surface area contributed by atoms with E-state index in [1.54, 1.807) is 82.9 Å². The smallest absolute Gasteiger partial charge is 0.435 e. The van der Waals surface area contributed by atoms with Crippen LogP contribution in [-0.2, 0) is 72.4 Å². The summed E-state index contributed by atoms with van der Waals surface area (Å²) in [5.41, 5.74) is 25.7. The zero-order valence-electron chi connectivity index (χ0n) is 72.2. The Labute approximate surface area is 729 Å². The number of nitrogens with two attached hydrogens (primary N) is 1. The molecule has 0 aliphatic carbocycles. The van der Waals surface area contributed by atoms with E-state index in [0.29, 0.717) is 42.4 Å². The minimum absolute atomic E-state index is 0.00591. The number of aromatic nitrogens is 6. The topological polar surface area (TPSA) is 304 Å². The van der Waals surface area contributed by atoms with Crippen LogP contribution in [0.1, 0.15) is 201 Å². The van der Waals surface area contributed by atoms with Crippen molar-refractivity contribution in [1.82, 2.24) is 29.8 Å². The van der Waals surface area contributed by atoms with Gasteiger partial charge in [-0.3, -0.25) is 19.5 Å². The summed E-state index contributed by atoms with van der Waals surface area (Å²) in [5.74, 6) is -1.98. The minimum Gasteiger partial charge on any atom is -0.478 e. The number of nitrogens with one attached hydrogen (secondary N) is 1. The lowest BCUT2D eigenvalue weighted by Crippen LogP contribution is -2.27. The monoisotopic (exact) mass is 1700 g/mol. The number of carbonyl (C=O) groups is 8. The Morgan fingerprint density at radius 2 is 0.740 bits per heavy atom. The molecule has 0 fully saturated rings. The molecule has 12 aromatic rings. The maximum Gasteiger partial charge on any atom is 0.435 e. The molecule has 0 amide bonds.